The summed E-state index contributed by atoms with van der Waals surface area (Å²) in [5.41, 5.74) is 5.99. The Morgan fingerprint density at radius 3 is 1.85 bits per heavy atom. The Labute approximate surface area is 159 Å². The van der Waals surface area contributed by atoms with Gasteiger partial charge in [-0.05, 0) is 24.6 Å². The van der Waals surface area contributed by atoms with Crippen LogP contribution in [-0.4, -0.2) is 19.6 Å². The SMILES string of the molecule is CCCCCCCCCCCCCCOc1ccc(S(=O)(=O)O)cc1N. The summed E-state index contributed by atoms with van der Waals surface area (Å²) in [6.07, 6.45) is 15.4. The van der Waals surface area contributed by atoms with Crippen molar-refractivity contribution in [1.29, 1.82) is 0 Å². The number of hydrogen-bond donors (Lipinski definition) is 2. The predicted molar refractivity (Wildman–Crippen MR) is 107 cm³/mol. The van der Waals surface area contributed by atoms with Gasteiger partial charge in [-0.2, -0.15) is 8.42 Å². The zero-order valence-corrected chi connectivity index (χ0v) is 16.9. The fraction of sp³-hybridized carbons (Fsp3) is 0.700. The van der Waals surface area contributed by atoms with Crippen molar-refractivity contribution >= 4 is 15.8 Å². The maximum absolute atomic E-state index is 11.0. The number of rotatable bonds is 15. The molecule has 1 aromatic rings. The van der Waals surface area contributed by atoms with Gasteiger partial charge < -0.3 is 10.5 Å². The first-order chi connectivity index (χ1) is 12.4. The average molecular weight is 386 g/mol. The fourth-order valence-corrected chi connectivity index (χ4v) is 3.46. The lowest BCUT2D eigenvalue weighted by molar-refractivity contribution is 0.305. The molecule has 3 N–H and O–H groups in total. The van der Waals surface area contributed by atoms with E-state index in [-0.39, 0.29) is 10.6 Å². The van der Waals surface area contributed by atoms with Crippen molar-refractivity contribution in [3.8, 4) is 5.75 Å². The van der Waals surface area contributed by atoms with Gasteiger partial charge in [0.25, 0.3) is 10.1 Å². The molecular weight excluding hydrogens is 350 g/mol. The van der Waals surface area contributed by atoms with Crippen LogP contribution >= 0.6 is 0 Å². The zero-order valence-electron chi connectivity index (χ0n) is 16.1. The molecule has 1 aromatic carbocycles. The van der Waals surface area contributed by atoms with Crippen LogP contribution in [0.3, 0.4) is 0 Å². The van der Waals surface area contributed by atoms with E-state index in [4.69, 9.17) is 15.0 Å². The Bertz CT molecular complexity index is 602. The van der Waals surface area contributed by atoms with Gasteiger partial charge in [-0.1, -0.05) is 77.6 Å². The second kappa shape index (κ2) is 13.0. The molecule has 0 spiro atoms. The predicted octanol–water partition coefficient (Wildman–Crippen LogP) is 5.60. The molecule has 0 aliphatic rings. The van der Waals surface area contributed by atoms with E-state index in [1.807, 2.05) is 0 Å². The molecule has 0 saturated carbocycles. The van der Waals surface area contributed by atoms with E-state index in [0.717, 1.165) is 12.8 Å². The molecular formula is C20H35NO4S. The molecule has 0 saturated heterocycles. The molecule has 6 heteroatoms. The highest BCUT2D eigenvalue weighted by molar-refractivity contribution is 7.85. The van der Waals surface area contributed by atoms with Crippen molar-refractivity contribution in [3.63, 3.8) is 0 Å². The molecule has 150 valence electrons. The molecule has 0 aliphatic heterocycles. The Hall–Kier alpha value is -1.27. The van der Waals surface area contributed by atoms with Crippen molar-refractivity contribution in [2.45, 2.75) is 88.9 Å². The molecule has 0 atom stereocenters. The number of unbranched alkanes of at least 4 members (excludes halogenated alkanes) is 11. The van der Waals surface area contributed by atoms with Gasteiger partial charge in [0.1, 0.15) is 5.75 Å². The number of nitrogen functional groups attached to an aromatic ring is 1. The lowest BCUT2D eigenvalue weighted by atomic mass is 10.1. The minimum Gasteiger partial charge on any atom is -0.491 e. The molecule has 0 fully saturated rings. The monoisotopic (exact) mass is 385 g/mol. The third-order valence-electron chi connectivity index (χ3n) is 4.53. The fourth-order valence-electron chi connectivity index (χ4n) is 2.94. The van der Waals surface area contributed by atoms with Crippen LogP contribution in [0.15, 0.2) is 23.1 Å². The summed E-state index contributed by atoms with van der Waals surface area (Å²) in [6.45, 7) is 2.81. The van der Waals surface area contributed by atoms with Crippen LogP contribution < -0.4 is 10.5 Å². The lowest BCUT2D eigenvalue weighted by Crippen LogP contribution is -2.03. The Morgan fingerprint density at radius 1 is 0.885 bits per heavy atom. The van der Waals surface area contributed by atoms with Gasteiger partial charge in [0.05, 0.1) is 17.2 Å². The third kappa shape index (κ3) is 10.0. The normalized spacial score (nSPS) is 11.6. The molecule has 0 bridgehead atoms. The van der Waals surface area contributed by atoms with Crippen LogP contribution in [0.25, 0.3) is 0 Å². The average Bonchev–Trinajstić information content (AvgIpc) is 2.59. The van der Waals surface area contributed by atoms with Crippen molar-refractivity contribution in [2.75, 3.05) is 12.3 Å². The summed E-state index contributed by atoms with van der Waals surface area (Å²) in [4.78, 5) is -0.215. The van der Waals surface area contributed by atoms with Gasteiger partial charge in [0.2, 0.25) is 0 Å². The minimum atomic E-state index is -4.23. The van der Waals surface area contributed by atoms with Crippen LogP contribution in [0, 0.1) is 0 Å². The maximum Gasteiger partial charge on any atom is 0.294 e. The third-order valence-corrected chi connectivity index (χ3v) is 5.38. The highest BCUT2D eigenvalue weighted by atomic mass is 32.2. The Morgan fingerprint density at radius 2 is 1.38 bits per heavy atom. The number of nitrogens with two attached hydrogens (primary N) is 1. The van der Waals surface area contributed by atoms with E-state index in [0.29, 0.717) is 12.4 Å². The lowest BCUT2D eigenvalue weighted by Gasteiger charge is -2.09. The number of ether oxygens (including phenoxy) is 1. The summed E-state index contributed by atoms with van der Waals surface area (Å²) < 4.78 is 36.7. The van der Waals surface area contributed by atoms with Crippen molar-refractivity contribution in [3.05, 3.63) is 18.2 Å². The van der Waals surface area contributed by atoms with Gasteiger partial charge in [-0.15, -0.1) is 0 Å². The summed E-state index contributed by atoms with van der Waals surface area (Å²) in [5, 5.41) is 0. The van der Waals surface area contributed by atoms with Gasteiger partial charge in [-0.25, -0.2) is 0 Å². The number of hydrogen-bond acceptors (Lipinski definition) is 4. The van der Waals surface area contributed by atoms with Crippen molar-refractivity contribution in [1.82, 2.24) is 0 Å². The van der Waals surface area contributed by atoms with Crippen molar-refractivity contribution in [2.24, 2.45) is 0 Å². The molecule has 0 heterocycles. The van der Waals surface area contributed by atoms with Crippen LogP contribution in [0.1, 0.15) is 84.0 Å². The molecule has 0 amide bonds. The first kappa shape index (κ1) is 22.8. The molecule has 1 rings (SSSR count). The maximum atomic E-state index is 11.0. The standard InChI is InChI=1S/C20H35NO4S/c1-2-3-4-5-6-7-8-9-10-11-12-13-16-25-20-15-14-18(17-19(20)21)26(22,23)24/h14-15,17H,2-13,16,21H2,1H3,(H,22,23,24). The summed E-state index contributed by atoms with van der Waals surface area (Å²) in [7, 11) is -4.23. The second-order valence-corrected chi connectivity index (χ2v) is 8.33. The van der Waals surface area contributed by atoms with Crippen LogP contribution in [-0.2, 0) is 10.1 Å². The molecule has 0 radical (unpaired) electrons. The van der Waals surface area contributed by atoms with E-state index in [1.165, 1.54) is 82.4 Å². The van der Waals surface area contributed by atoms with Crippen LogP contribution in [0.2, 0.25) is 0 Å². The Balaban J connectivity index is 2.03. The van der Waals surface area contributed by atoms with E-state index >= 15 is 0 Å². The quantitative estimate of drug-likeness (QED) is 0.233. The van der Waals surface area contributed by atoms with E-state index < -0.39 is 10.1 Å². The van der Waals surface area contributed by atoms with Crippen molar-refractivity contribution < 1.29 is 17.7 Å². The molecule has 0 unspecified atom stereocenters. The van der Waals surface area contributed by atoms with E-state index in [2.05, 4.69) is 6.92 Å². The first-order valence-corrected chi connectivity index (χ1v) is 11.4. The van der Waals surface area contributed by atoms with E-state index in [9.17, 15) is 8.42 Å². The zero-order chi connectivity index (χ0) is 19.3. The van der Waals surface area contributed by atoms with Gasteiger partial charge in [0, 0.05) is 0 Å². The minimum absolute atomic E-state index is 0.215. The van der Waals surface area contributed by atoms with Gasteiger partial charge in [-0.3, -0.25) is 4.55 Å². The van der Waals surface area contributed by atoms with E-state index in [1.54, 1.807) is 0 Å². The smallest absolute Gasteiger partial charge is 0.294 e. The van der Waals surface area contributed by atoms with Gasteiger partial charge >= 0.3 is 0 Å². The highest BCUT2D eigenvalue weighted by Crippen LogP contribution is 2.25. The Kier molecular flexibility index (Phi) is 11.4. The largest absolute Gasteiger partial charge is 0.491 e. The molecule has 5 nitrogen and oxygen atoms in total. The second-order valence-electron chi connectivity index (χ2n) is 6.91. The van der Waals surface area contributed by atoms with Gasteiger partial charge in [0.15, 0.2) is 0 Å². The highest BCUT2D eigenvalue weighted by Gasteiger charge is 2.11. The summed E-state index contributed by atoms with van der Waals surface area (Å²) in [6, 6.07) is 4.00. The number of benzene rings is 1. The summed E-state index contributed by atoms with van der Waals surface area (Å²) in [5.74, 6) is 0.459. The summed E-state index contributed by atoms with van der Waals surface area (Å²) >= 11 is 0. The molecule has 0 aromatic heterocycles. The topological polar surface area (TPSA) is 89.6 Å². The van der Waals surface area contributed by atoms with Crippen LogP contribution in [0.4, 0.5) is 5.69 Å². The first-order valence-electron chi connectivity index (χ1n) is 9.95. The molecule has 26 heavy (non-hydrogen) atoms. The van der Waals surface area contributed by atoms with Crippen LogP contribution in [0.5, 0.6) is 5.75 Å². The number of anilines is 1. The molecule has 0 aliphatic carbocycles.